The van der Waals surface area contributed by atoms with Crippen LogP contribution >= 0.6 is 0 Å². The maximum Gasteiger partial charge on any atom is 0.119 e. The molecule has 1 aliphatic rings. The lowest BCUT2D eigenvalue weighted by atomic mass is 9.98. The van der Waals surface area contributed by atoms with E-state index in [2.05, 4.69) is 60.4 Å². The highest BCUT2D eigenvalue weighted by molar-refractivity contribution is 5.31. The summed E-state index contributed by atoms with van der Waals surface area (Å²) in [6.07, 6.45) is 2.14. The van der Waals surface area contributed by atoms with Crippen molar-refractivity contribution in [2.75, 3.05) is 13.2 Å². The fourth-order valence-electron chi connectivity index (χ4n) is 2.55. The molecule has 0 unspecified atom stereocenters. The quantitative estimate of drug-likeness (QED) is 0.893. The van der Waals surface area contributed by atoms with E-state index < -0.39 is 0 Å². The van der Waals surface area contributed by atoms with Gasteiger partial charge in [-0.2, -0.15) is 0 Å². The number of hydrogen-bond donors (Lipinski definition) is 1. The van der Waals surface area contributed by atoms with Crippen molar-refractivity contribution < 1.29 is 4.74 Å². The van der Waals surface area contributed by atoms with Gasteiger partial charge in [-0.05, 0) is 36.2 Å². The first-order chi connectivity index (χ1) is 9.92. The molecule has 3 rings (SSSR count). The molecule has 1 radical (unpaired) electrons. The maximum atomic E-state index is 5.80. The normalized spacial score (nSPS) is 18.1. The molecular formula is C18H20NO. The van der Waals surface area contributed by atoms with Gasteiger partial charge in [-0.25, -0.2) is 0 Å². The molecule has 0 aliphatic carbocycles. The number of benzene rings is 2. The highest BCUT2D eigenvalue weighted by atomic mass is 16.5. The maximum absolute atomic E-state index is 5.80. The van der Waals surface area contributed by atoms with Gasteiger partial charge in [0.1, 0.15) is 5.75 Å². The second-order valence-electron chi connectivity index (χ2n) is 5.17. The van der Waals surface area contributed by atoms with Crippen molar-refractivity contribution >= 4 is 0 Å². The van der Waals surface area contributed by atoms with Crippen molar-refractivity contribution in [1.82, 2.24) is 5.32 Å². The van der Waals surface area contributed by atoms with Crippen LogP contribution in [0.25, 0.3) is 0 Å². The Hall–Kier alpha value is -1.80. The predicted octanol–water partition coefficient (Wildman–Crippen LogP) is 3.55. The van der Waals surface area contributed by atoms with Crippen molar-refractivity contribution in [3.05, 3.63) is 72.3 Å². The van der Waals surface area contributed by atoms with Crippen molar-refractivity contribution in [3.8, 4) is 5.75 Å². The first-order valence-electron chi connectivity index (χ1n) is 7.25. The van der Waals surface area contributed by atoms with Gasteiger partial charge >= 0.3 is 0 Å². The van der Waals surface area contributed by atoms with Gasteiger partial charge in [0, 0.05) is 18.9 Å². The summed E-state index contributed by atoms with van der Waals surface area (Å²) in [6.45, 7) is 3.99. The van der Waals surface area contributed by atoms with E-state index in [1.165, 1.54) is 17.5 Å². The molecule has 0 saturated carbocycles. The molecule has 0 aromatic heterocycles. The molecule has 1 heterocycles. The monoisotopic (exact) mass is 266 g/mol. The standard InChI is InChI=1S/C18H20NO/c1-2-4-15(5-3-1)11-13-20-18-8-6-16(7-9-18)17-10-12-19-14-17/h1-9,14,17,19H,10-13H2/t17-/m1/s1. The summed E-state index contributed by atoms with van der Waals surface area (Å²) in [7, 11) is 0. The molecule has 0 spiro atoms. The van der Waals surface area contributed by atoms with Crippen LogP contribution < -0.4 is 10.1 Å². The third-order valence-corrected chi connectivity index (χ3v) is 3.73. The topological polar surface area (TPSA) is 21.3 Å². The zero-order chi connectivity index (χ0) is 13.6. The second kappa shape index (κ2) is 6.58. The molecule has 2 aromatic carbocycles. The highest BCUT2D eigenvalue weighted by Crippen LogP contribution is 2.26. The molecule has 20 heavy (non-hydrogen) atoms. The Morgan fingerprint density at radius 2 is 1.80 bits per heavy atom. The van der Waals surface area contributed by atoms with E-state index in [9.17, 15) is 0 Å². The molecule has 1 atom stereocenters. The van der Waals surface area contributed by atoms with E-state index in [1.54, 1.807) is 0 Å². The van der Waals surface area contributed by atoms with Crippen LogP contribution in [0.5, 0.6) is 5.75 Å². The molecule has 1 aliphatic heterocycles. The SMILES string of the molecule is [CH]1NCC[C@H]1c1ccc(OCCc2ccccc2)cc1. The molecule has 2 nitrogen and oxygen atoms in total. The fourth-order valence-corrected chi connectivity index (χ4v) is 2.55. The number of nitrogens with one attached hydrogen (secondary N) is 1. The van der Waals surface area contributed by atoms with Gasteiger partial charge < -0.3 is 10.1 Å². The first-order valence-corrected chi connectivity index (χ1v) is 7.25. The van der Waals surface area contributed by atoms with Crippen LogP contribution in [-0.4, -0.2) is 13.2 Å². The number of ether oxygens (including phenoxy) is 1. The Labute approximate surface area is 120 Å². The van der Waals surface area contributed by atoms with E-state index in [0.29, 0.717) is 5.92 Å². The largest absolute Gasteiger partial charge is 0.493 e. The zero-order valence-electron chi connectivity index (χ0n) is 11.6. The molecule has 1 saturated heterocycles. The summed E-state index contributed by atoms with van der Waals surface area (Å²) >= 11 is 0. The number of rotatable bonds is 5. The van der Waals surface area contributed by atoms with Crippen LogP contribution in [0.15, 0.2) is 54.6 Å². The van der Waals surface area contributed by atoms with E-state index in [4.69, 9.17) is 4.74 Å². The molecule has 2 aromatic rings. The lowest BCUT2D eigenvalue weighted by Gasteiger charge is -2.10. The van der Waals surface area contributed by atoms with E-state index >= 15 is 0 Å². The molecule has 2 heteroatoms. The van der Waals surface area contributed by atoms with Crippen LogP contribution in [0.4, 0.5) is 0 Å². The van der Waals surface area contributed by atoms with E-state index in [0.717, 1.165) is 25.3 Å². The van der Waals surface area contributed by atoms with Gasteiger partial charge in [0.15, 0.2) is 0 Å². The lowest BCUT2D eigenvalue weighted by Crippen LogP contribution is -2.02. The number of hydrogen-bond acceptors (Lipinski definition) is 2. The van der Waals surface area contributed by atoms with Gasteiger partial charge in [-0.3, -0.25) is 0 Å². The minimum Gasteiger partial charge on any atom is -0.493 e. The van der Waals surface area contributed by atoms with Gasteiger partial charge in [-0.1, -0.05) is 42.5 Å². The smallest absolute Gasteiger partial charge is 0.119 e. The minimum absolute atomic E-state index is 0.549. The summed E-state index contributed by atoms with van der Waals surface area (Å²) in [6, 6.07) is 18.9. The van der Waals surface area contributed by atoms with Crippen LogP contribution in [0.2, 0.25) is 0 Å². The van der Waals surface area contributed by atoms with Gasteiger partial charge in [0.25, 0.3) is 0 Å². The fraction of sp³-hybridized carbons (Fsp3) is 0.278. The third kappa shape index (κ3) is 3.40. The predicted molar refractivity (Wildman–Crippen MR) is 81.7 cm³/mol. The van der Waals surface area contributed by atoms with Gasteiger partial charge in [0.05, 0.1) is 6.61 Å². The zero-order valence-corrected chi connectivity index (χ0v) is 11.6. The lowest BCUT2D eigenvalue weighted by molar-refractivity contribution is 0.322. The molecule has 1 fully saturated rings. The molecule has 103 valence electrons. The van der Waals surface area contributed by atoms with Crippen molar-refractivity contribution in [2.24, 2.45) is 0 Å². The molecular weight excluding hydrogens is 246 g/mol. The Bertz CT molecular complexity index is 515. The van der Waals surface area contributed by atoms with E-state index in [1.807, 2.05) is 6.07 Å². The Balaban J connectivity index is 1.50. The Morgan fingerprint density at radius 1 is 1.00 bits per heavy atom. The van der Waals surface area contributed by atoms with Gasteiger partial charge in [-0.15, -0.1) is 0 Å². The summed E-state index contributed by atoms with van der Waals surface area (Å²) in [5, 5.41) is 3.28. The van der Waals surface area contributed by atoms with Crippen molar-refractivity contribution in [2.45, 2.75) is 18.8 Å². The van der Waals surface area contributed by atoms with Crippen LogP contribution in [0, 0.1) is 6.54 Å². The molecule has 0 bridgehead atoms. The second-order valence-corrected chi connectivity index (χ2v) is 5.17. The van der Waals surface area contributed by atoms with E-state index in [-0.39, 0.29) is 0 Å². The summed E-state index contributed by atoms with van der Waals surface area (Å²) in [5.41, 5.74) is 2.68. The van der Waals surface area contributed by atoms with Crippen molar-refractivity contribution in [1.29, 1.82) is 0 Å². The minimum atomic E-state index is 0.549. The van der Waals surface area contributed by atoms with Crippen LogP contribution in [0.3, 0.4) is 0 Å². The highest BCUT2D eigenvalue weighted by Gasteiger charge is 2.16. The summed E-state index contributed by atoms with van der Waals surface area (Å²) < 4.78 is 5.80. The molecule has 1 N–H and O–H groups in total. The first kappa shape index (κ1) is 13.2. The third-order valence-electron chi connectivity index (χ3n) is 3.73. The van der Waals surface area contributed by atoms with Crippen molar-refractivity contribution in [3.63, 3.8) is 0 Å². The Morgan fingerprint density at radius 3 is 2.50 bits per heavy atom. The van der Waals surface area contributed by atoms with Crippen LogP contribution in [0.1, 0.15) is 23.5 Å². The van der Waals surface area contributed by atoms with Gasteiger partial charge in [0.2, 0.25) is 0 Å². The average molecular weight is 266 g/mol. The summed E-state index contributed by atoms with van der Waals surface area (Å²) in [5.74, 6) is 1.50. The average Bonchev–Trinajstić information content (AvgIpc) is 3.03. The summed E-state index contributed by atoms with van der Waals surface area (Å²) in [4.78, 5) is 0. The molecule has 0 amide bonds. The Kier molecular flexibility index (Phi) is 4.34. The van der Waals surface area contributed by atoms with Crippen LogP contribution in [-0.2, 0) is 6.42 Å².